The maximum absolute atomic E-state index is 6.62. The lowest BCUT2D eigenvalue weighted by atomic mass is 9.59. The Balaban J connectivity index is 1.55. The van der Waals surface area contributed by atoms with Crippen LogP contribution in [0.5, 0.6) is 0 Å². The number of hydrogen-bond acceptors (Lipinski definition) is 0. The standard InChI is InChI=1S/C33H27Cl/c1-18-8-6-9-19(2)30(18)32-20(3)31-26-13-7-12-25-22-10-4-5-11-23(22)29(33(25)26)17-28(31)24-15-14-21(34)16-27(24)32/h4-12,14-17,26,28,31H,13H2,1-3H3. The summed E-state index contributed by atoms with van der Waals surface area (Å²) in [7, 11) is 0. The summed E-state index contributed by atoms with van der Waals surface area (Å²) in [5, 5.41) is 0.812. The molecule has 0 saturated carbocycles. The molecule has 0 bridgehead atoms. The highest BCUT2D eigenvalue weighted by atomic mass is 35.5. The van der Waals surface area contributed by atoms with Crippen molar-refractivity contribution in [3.05, 3.63) is 134 Å². The van der Waals surface area contributed by atoms with Crippen LogP contribution < -0.4 is 0 Å². The van der Waals surface area contributed by atoms with Crippen LogP contribution in [0.4, 0.5) is 0 Å². The second-order valence-electron chi connectivity index (χ2n) is 10.3. The predicted molar refractivity (Wildman–Crippen MR) is 144 cm³/mol. The number of benzene rings is 3. The van der Waals surface area contributed by atoms with Gasteiger partial charge in [-0.15, -0.1) is 0 Å². The van der Waals surface area contributed by atoms with Gasteiger partial charge in [0.15, 0.2) is 0 Å². The van der Waals surface area contributed by atoms with E-state index in [1.165, 1.54) is 61.2 Å². The Hall–Kier alpha value is -3.09. The maximum Gasteiger partial charge on any atom is 0.0412 e. The van der Waals surface area contributed by atoms with Gasteiger partial charge in [0.1, 0.15) is 0 Å². The van der Waals surface area contributed by atoms with E-state index in [2.05, 4.69) is 99.7 Å². The fourth-order valence-corrected chi connectivity index (χ4v) is 7.44. The summed E-state index contributed by atoms with van der Waals surface area (Å²) in [6, 6.07) is 22.2. The van der Waals surface area contributed by atoms with Gasteiger partial charge in [0.25, 0.3) is 0 Å². The Morgan fingerprint density at radius 1 is 0.824 bits per heavy atom. The van der Waals surface area contributed by atoms with Gasteiger partial charge < -0.3 is 0 Å². The molecule has 3 aromatic rings. The largest absolute Gasteiger partial charge is 0.0843 e. The van der Waals surface area contributed by atoms with E-state index in [1.807, 2.05) is 0 Å². The maximum atomic E-state index is 6.62. The lowest BCUT2D eigenvalue weighted by molar-refractivity contribution is 0.394. The minimum atomic E-state index is 0.364. The average Bonchev–Trinajstić information content (AvgIpc) is 3.16. The van der Waals surface area contributed by atoms with E-state index in [4.69, 9.17) is 11.6 Å². The van der Waals surface area contributed by atoms with Crippen LogP contribution in [0.1, 0.15) is 58.2 Å². The van der Waals surface area contributed by atoms with E-state index in [1.54, 1.807) is 5.57 Å². The third-order valence-corrected chi connectivity index (χ3v) is 8.80. The smallest absolute Gasteiger partial charge is 0.0412 e. The minimum Gasteiger partial charge on any atom is -0.0843 e. The van der Waals surface area contributed by atoms with Crippen LogP contribution in [0.25, 0.3) is 16.7 Å². The molecule has 0 nitrogen and oxygen atoms in total. The van der Waals surface area contributed by atoms with E-state index in [-0.39, 0.29) is 0 Å². The summed E-state index contributed by atoms with van der Waals surface area (Å²) < 4.78 is 0. The van der Waals surface area contributed by atoms with Gasteiger partial charge in [0.05, 0.1) is 0 Å². The molecule has 0 radical (unpaired) electrons. The van der Waals surface area contributed by atoms with Gasteiger partial charge in [-0.05, 0) is 112 Å². The van der Waals surface area contributed by atoms with Gasteiger partial charge in [-0.1, -0.05) is 83.9 Å². The van der Waals surface area contributed by atoms with E-state index in [9.17, 15) is 0 Å². The van der Waals surface area contributed by atoms with Crippen LogP contribution in [-0.2, 0) is 0 Å². The van der Waals surface area contributed by atoms with E-state index < -0.39 is 0 Å². The molecule has 0 aliphatic heterocycles. The van der Waals surface area contributed by atoms with Crippen molar-refractivity contribution in [2.75, 3.05) is 0 Å². The summed E-state index contributed by atoms with van der Waals surface area (Å²) >= 11 is 6.62. The monoisotopic (exact) mass is 458 g/mol. The molecule has 7 rings (SSSR count). The van der Waals surface area contributed by atoms with Crippen LogP contribution in [0.3, 0.4) is 0 Å². The van der Waals surface area contributed by atoms with Gasteiger partial charge in [-0.2, -0.15) is 0 Å². The van der Waals surface area contributed by atoms with Gasteiger partial charge in [0.2, 0.25) is 0 Å². The summed E-state index contributed by atoms with van der Waals surface area (Å²) in [6.07, 6.45) is 8.47. The molecule has 0 N–H and O–H groups in total. The highest BCUT2D eigenvalue weighted by Crippen LogP contribution is 2.61. The number of allylic oxidation sites excluding steroid dienone is 7. The number of hydrogen-bond donors (Lipinski definition) is 0. The molecular formula is C33H27Cl. The van der Waals surface area contributed by atoms with Gasteiger partial charge >= 0.3 is 0 Å². The second kappa shape index (κ2) is 7.20. The quantitative estimate of drug-likeness (QED) is 0.341. The second-order valence-corrected chi connectivity index (χ2v) is 10.7. The first-order chi connectivity index (χ1) is 16.5. The highest BCUT2D eigenvalue weighted by Gasteiger charge is 2.46. The molecule has 3 aromatic carbocycles. The summed E-state index contributed by atoms with van der Waals surface area (Å²) in [4.78, 5) is 0. The molecule has 0 aromatic heterocycles. The lowest BCUT2D eigenvalue weighted by Gasteiger charge is -2.45. The first-order valence-electron chi connectivity index (χ1n) is 12.3. The molecule has 0 spiro atoms. The summed E-state index contributed by atoms with van der Waals surface area (Å²) in [6.45, 7) is 6.88. The number of rotatable bonds is 1. The Kier molecular flexibility index (Phi) is 4.30. The third-order valence-electron chi connectivity index (χ3n) is 8.57. The van der Waals surface area contributed by atoms with Crippen LogP contribution in [0, 0.1) is 25.7 Å². The Morgan fingerprint density at radius 3 is 2.38 bits per heavy atom. The van der Waals surface area contributed by atoms with E-state index in [0.717, 1.165) is 11.4 Å². The SMILES string of the molecule is CC1=C(c2c(C)cccc2C)c2cc(Cl)ccc2C2C=C3C4=C(C=CCC4C12)c1ccccc13. The van der Waals surface area contributed by atoms with Gasteiger partial charge in [0, 0.05) is 10.9 Å². The molecule has 3 unspecified atom stereocenters. The molecule has 166 valence electrons. The molecule has 0 fully saturated rings. The predicted octanol–water partition coefficient (Wildman–Crippen LogP) is 8.93. The van der Waals surface area contributed by atoms with Crippen molar-refractivity contribution in [3.8, 4) is 0 Å². The van der Waals surface area contributed by atoms with Crippen LogP contribution in [0.15, 0.2) is 90.0 Å². The summed E-state index contributed by atoms with van der Waals surface area (Å²) in [5.74, 6) is 1.32. The van der Waals surface area contributed by atoms with Crippen LogP contribution >= 0.6 is 11.6 Å². The van der Waals surface area contributed by atoms with Gasteiger partial charge in [-0.25, -0.2) is 0 Å². The van der Waals surface area contributed by atoms with Crippen LogP contribution in [0.2, 0.25) is 5.02 Å². The molecule has 0 amide bonds. The van der Waals surface area contributed by atoms with E-state index >= 15 is 0 Å². The molecule has 3 atom stereocenters. The average molecular weight is 459 g/mol. The van der Waals surface area contributed by atoms with E-state index in [0.29, 0.717) is 17.8 Å². The first kappa shape index (κ1) is 20.3. The normalized spacial score (nSPS) is 23.9. The molecule has 4 aliphatic rings. The topological polar surface area (TPSA) is 0 Å². The fourth-order valence-electron chi connectivity index (χ4n) is 7.27. The van der Waals surface area contributed by atoms with Crippen molar-refractivity contribution in [1.29, 1.82) is 0 Å². The van der Waals surface area contributed by atoms with Crippen molar-refractivity contribution < 1.29 is 0 Å². The molecule has 0 saturated heterocycles. The van der Waals surface area contributed by atoms with Crippen molar-refractivity contribution in [2.24, 2.45) is 11.8 Å². The molecule has 4 aliphatic carbocycles. The molecule has 1 heteroatoms. The summed E-state index contributed by atoms with van der Waals surface area (Å²) in [5.41, 5.74) is 17.0. The first-order valence-corrected chi connectivity index (χ1v) is 12.7. The van der Waals surface area contributed by atoms with Crippen molar-refractivity contribution >= 4 is 28.3 Å². The third kappa shape index (κ3) is 2.61. The van der Waals surface area contributed by atoms with Crippen molar-refractivity contribution in [2.45, 2.75) is 33.1 Å². The van der Waals surface area contributed by atoms with Crippen molar-refractivity contribution in [3.63, 3.8) is 0 Å². The Bertz CT molecular complexity index is 1500. The molecular weight excluding hydrogens is 432 g/mol. The number of aryl methyl sites for hydroxylation is 2. The molecule has 0 heterocycles. The fraction of sp³-hybridized carbons (Fsp3) is 0.212. The highest BCUT2D eigenvalue weighted by molar-refractivity contribution is 6.30. The number of halogens is 1. The van der Waals surface area contributed by atoms with Gasteiger partial charge in [-0.3, -0.25) is 0 Å². The van der Waals surface area contributed by atoms with Crippen LogP contribution in [-0.4, -0.2) is 0 Å². The van der Waals surface area contributed by atoms with Crippen molar-refractivity contribution in [1.82, 2.24) is 0 Å². The number of fused-ring (bicyclic) bond motifs is 7. The Labute approximate surface area is 207 Å². The zero-order valence-corrected chi connectivity index (χ0v) is 20.6. The zero-order valence-electron chi connectivity index (χ0n) is 19.8. The molecule has 34 heavy (non-hydrogen) atoms. The minimum absolute atomic E-state index is 0.364. The zero-order chi connectivity index (χ0) is 23.1. The Morgan fingerprint density at radius 2 is 1.59 bits per heavy atom. The lowest BCUT2D eigenvalue weighted by Crippen LogP contribution is -2.32.